The van der Waals surface area contributed by atoms with Crippen LogP contribution in [-0.4, -0.2) is 39.3 Å². The van der Waals surface area contributed by atoms with E-state index >= 15 is 0 Å². The molecule has 1 rings (SSSR count). The van der Waals surface area contributed by atoms with Crippen molar-refractivity contribution in [3.05, 3.63) is 34.3 Å². The Bertz CT molecular complexity index is 449. The summed E-state index contributed by atoms with van der Waals surface area (Å²) in [7, 11) is 1.70. The fraction of sp³-hybridized carbons (Fsp3) is 0.562. The first-order chi connectivity index (χ1) is 9.99. The highest BCUT2D eigenvalue weighted by atomic mass is 127. The third-order valence-corrected chi connectivity index (χ3v) is 3.73. The molecule has 0 heterocycles. The van der Waals surface area contributed by atoms with Crippen molar-refractivity contribution in [3.63, 3.8) is 0 Å². The van der Waals surface area contributed by atoms with Crippen LogP contribution in [0.2, 0.25) is 0 Å². The zero-order valence-corrected chi connectivity index (χ0v) is 17.7. The summed E-state index contributed by atoms with van der Waals surface area (Å²) in [5.74, 6) is 0.833. The monoisotopic (exact) mass is 483 g/mol. The van der Waals surface area contributed by atoms with E-state index in [0.29, 0.717) is 6.61 Å². The van der Waals surface area contributed by atoms with Gasteiger partial charge in [-0.2, -0.15) is 0 Å². The highest BCUT2D eigenvalue weighted by Crippen LogP contribution is 2.25. The summed E-state index contributed by atoms with van der Waals surface area (Å²) in [5, 5.41) is 6.51. The molecule has 0 atom stereocenters. The number of nitrogens with zero attached hydrogens (tertiary/aromatic N) is 1. The molecule has 0 fully saturated rings. The zero-order chi connectivity index (χ0) is 15.7. The van der Waals surface area contributed by atoms with Crippen LogP contribution in [0.15, 0.2) is 33.7 Å². The molecule has 0 aliphatic rings. The van der Waals surface area contributed by atoms with Gasteiger partial charge in [-0.15, -0.1) is 24.0 Å². The van der Waals surface area contributed by atoms with Gasteiger partial charge in [0.2, 0.25) is 0 Å². The number of hydrogen-bond acceptors (Lipinski definition) is 2. The number of guanidine groups is 1. The summed E-state index contributed by atoms with van der Waals surface area (Å²) in [6, 6.07) is 8.43. The highest BCUT2D eigenvalue weighted by Gasteiger charge is 2.20. The lowest BCUT2D eigenvalue weighted by Crippen LogP contribution is -2.40. The van der Waals surface area contributed by atoms with E-state index in [1.165, 1.54) is 5.56 Å². The molecule has 6 heteroatoms. The molecule has 1 aromatic rings. The van der Waals surface area contributed by atoms with E-state index in [1.807, 2.05) is 0 Å². The summed E-state index contributed by atoms with van der Waals surface area (Å²) in [5.41, 5.74) is 1.27. The van der Waals surface area contributed by atoms with Gasteiger partial charge < -0.3 is 15.4 Å². The van der Waals surface area contributed by atoms with Gasteiger partial charge in [-0.3, -0.25) is 4.99 Å². The van der Waals surface area contributed by atoms with Crippen molar-refractivity contribution in [1.82, 2.24) is 10.6 Å². The maximum atomic E-state index is 5.05. The number of rotatable bonds is 7. The fourth-order valence-electron chi connectivity index (χ4n) is 1.88. The van der Waals surface area contributed by atoms with Crippen molar-refractivity contribution in [1.29, 1.82) is 0 Å². The number of methoxy groups -OCH3 is 1. The topological polar surface area (TPSA) is 45.7 Å². The smallest absolute Gasteiger partial charge is 0.191 e. The molecular formula is C16H27BrIN3O. The van der Waals surface area contributed by atoms with Crippen LogP contribution in [0.5, 0.6) is 0 Å². The van der Waals surface area contributed by atoms with Gasteiger partial charge in [0.05, 0.1) is 13.2 Å². The van der Waals surface area contributed by atoms with Gasteiger partial charge >= 0.3 is 0 Å². The number of hydrogen-bond donors (Lipinski definition) is 2. The first kappa shape index (κ1) is 21.7. The largest absolute Gasteiger partial charge is 0.383 e. The molecule has 0 radical (unpaired) electrons. The second-order valence-electron chi connectivity index (χ2n) is 5.51. The summed E-state index contributed by atoms with van der Waals surface area (Å²) >= 11 is 3.47. The lowest BCUT2D eigenvalue weighted by atomic mass is 9.85. The number of aliphatic imine (C=N–C) groups is 1. The molecule has 1 aromatic carbocycles. The average molecular weight is 484 g/mol. The second kappa shape index (κ2) is 11.2. The summed E-state index contributed by atoms with van der Waals surface area (Å²) in [6.45, 7) is 9.46. The Morgan fingerprint density at radius 1 is 1.23 bits per heavy atom. The van der Waals surface area contributed by atoms with Gasteiger partial charge in [0.15, 0.2) is 5.96 Å². The molecule has 0 bridgehead atoms. The van der Waals surface area contributed by atoms with Gasteiger partial charge in [-0.25, -0.2) is 0 Å². The molecule has 0 aliphatic heterocycles. The van der Waals surface area contributed by atoms with E-state index in [0.717, 1.165) is 30.1 Å². The lowest BCUT2D eigenvalue weighted by molar-refractivity contribution is 0.203. The molecule has 0 saturated carbocycles. The lowest BCUT2D eigenvalue weighted by Gasteiger charge is -2.24. The Morgan fingerprint density at radius 3 is 2.41 bits per heavy atom. The first-order valence-electron chi connectivity index (χ1n) is 7.26. The number of nitrogens with one attached hydrogen (secondary N) is 2. The van der Waals surface area contributed by atoms with E-state index in [4.69, 9.17) is 4.74 Å². The molecule has 0 aliphatic carbocycles. The van der Waals surface area contributed by atoms with E-state index in [-0.39, 0.29) is 29.4 Å². The second-order valence-corrected chi connectivity index (χ2v) is 6.42. The van der Waals surface area contributed by atoms with E-state index in [2.05, 4.69) is 76.6 Å². The van der Waals surface area contributed by atoms with Crippen LogP contribution >= 0.6 is 39.9 Å². The predicted octanol–water partition coefficient (Wildman–Crippen LogP) is 3.55. The van der Waals surface area contributed by atoms with E-state index in [1.54, 1.807) is 7.11 Å². The van der Waals surface area contributed by atoms with Gasteiger partial charge in [0.25, 0.3) is 0 Å². The molecule has 0 saturated heterocycles. The van der Waals surface area contributed by atoms with Gasteiger partial charge in [-0.1, -0.05) is 41.9 Å². The summed E-state index contributed by atoms with van der Waals surface area (Å²) in [4.78, 5) is 4.68. The van der Waals surface area contributed by atoms with Gasteiger partial charge in [0, 0.05) is 30.1 Å². The Hall–Kier alpha value is -0.340. The maximum absolute atomic E-state index is 5.05. The van der Waals surface area contributed by atoms with Crippen LogP contribution in [0.25, 0.3) is 0 Å². The molecule has 22 heavy (non-hydrogen) atoms. The summed E-state index contributed by atoms with van der Waals surface area (Å²) in [6.07, 6.45) is 0. The zero-order valence-electron chi connectivity index (χ0n) is 13.8. The van der Waals surface area contributed by atoms with Crippen molar-refractivity contribution in [2.24, 2.45) is 4.99 Å². The Labute approximate surface area is 159 Å². The Kier molecular flexibility index (Phi) is 11.1. The van der Waals surface area contributed by atoms with Crippen molar-refractivity contribution < 1.29 is 4.74 Å². The Balaban J connectivity index is 0.00000441. The van der Waals surface area contributed by atoms with Crippen LogP contribution in [0.3, 0.4) is 0 Å². The molecular weight excluding hydrogens is 457 g/mol. The quantitative estimate of drug-likeness (QED) is 0.270. The van der Waals surface area contributed by atoms with Crippen molar-refractivity contribution >= 4 is 45.9 Å². The standard InChI is InChI=1S/C16H26BrN3O.HI/c1-5-18-15(19-10-11-21-4)20-12-16(2,3)13-6-8-14(17)9-7-13;/h6-9H,5,10-12H2,1-4H3,(H2,18,19,20);1H. The molecule has 0 amide bonds. The first-order valence-corrected chi connectivity index (χ1v) is 8.06. The molecule has 4 nitrogen and oxygen atoms in total. The minimum Gasteiger partial charge on any atom is -0.383 e. The van der Waals surface area contributed by atoms with Crippen molar-refractivity contribution in [3.8, 4) is 0 Å². The molecule has 0 aromatic heterocycles. The van der Waals surface area contributed by atoms with Crippen molar-refractivity contribution in [2.75, 3.05) is 33.4 Å². The normalized spacial score (nSPS) is 11.8. The summed E-state index contributed by atoms with van der Waals surface area (Å²) < 4.78 is 6.14. The molecule has 0 unspecified atom stereocenters. The van der Waals surface area contributed by atoms with Crippen LogP contribution in [0.4, 0.5) is 0 Å². The predicted molar refractivity (Wildman–Crippen MR) is 108 cm³/mol. The van der Waals surface area contributed by atoms with Crippen LogP contribution < -0.4 is 10.6 Å². The fourth-order valence-corrected chi connectivity index (χ4v) is 2.15. The number of halogens is 2. The maximum Gasteiger partial charge on any atom is 0.191 e. The molecule has 2 N–H and O–H groups in total. The minimum absolute atomic E-state index is 0. The van der Waals surface area contributed by atoms with Crippen LogP contribution in [0, 0.1) is 0 Å². The minimum atomic E-state index is -0.00962. The number of ether oxygens (including phenoxy) is 1. The SMILES string of the molecule is CCNC(=NCC(C)(C)c1ccc(Br)cc1)NCCOC.I. The van der Waals surface area contributed by atoms with E-state index < -0.39 is 0 Å². The molecule has 126 valence electrons. The molecule has 0 spiro atoms. The van der Waals surface area contributed by atoms with E-state index in [9.17, 15) is 0 Å². The van der Waals surface area contributed by atoms with Crippen LogP contribution in [-0.2, 0) is 10.2 Å². The average Bonchev–Trinajstić information content (AvgIpc) is 2.45. The van der Waals surface area contributed by atoms with Crippen molar-refractivity contribution in [2.45, 2.75) is 26.2 Å². The number of benzene rings is 1. The van der Waals surface area contributed by atoms with Gasteiger partial charge in [0.1, 0.15) is 0 Å². The van der Waals surface area contributed by atoms with Gasteiger partial charge in [-0.05, 0) is 24.6 Å². The highest BCUT2D eigenvalue weighted by molar-refractivity contribution is 14.0. The Morgan fingerprint density at radius 2 is 1.86 bits per heavy atom. The third-order valence-electron chi connectivity index (χ3n) is 3.20. The van der Waals surface area contributed by atoms with Crippen LogP contribution in [0.1, 0.15) is 26.3 Å². The third kappa shape index (κ3) is 7.78.